The van der Waals surface area contributed by atoms with E-state index in [9.17, 15) is 4.39 Å². The van der Waals surface area contributed by atoms with Crippen molar-refractivity contribution in [3.8, 4) is 0 Å². The summed E-state index contributed by atoms with van der Waals surface area (Å²) in [5, 5.41) is 7.16. The predicted molar refractivity (Wildman–Crippen MR) is 141 cm³/mol. The van der Waals surface area contributed by atoms with Crippen LogP contribution in [-0.2, 0) is 12.0 Å². The zero-order valence-corrected chi connectivity index (χ0v) is 21.3. The van der Waals surface area contributed by atoms with E-state index in [-0.39, 0.29) is 11.2 Å². The number of piperazine rings is 1. The number of piperidine rings is 1. The fourth-order valence-corrected chi connectivity index (χ4v) is 5.49. The summed E-state index contributed by atoms with van der Waals surface area (Å²) in [5.41, 5.74) is 4.75. The molecule has 2 saturated heterocycles. The molecule has 2 N–H and O–H groups in total. The highest BCUT2D eigenvalue weighted by atomic mass is 19.1. The highest BCUT2D eigenvalue weighted by Crippen LogP contribution is 2.34. The number of nitrogens with one attached hydrogen (secondary N) is 2. The van der Waals surface area contributed by atoms with Gasteiger partial charge in [-0.05, 0) is 62.1 Å². The molecule has 0 aliphatic carbocycles. The maximum atomic E-state index is 13.2. The molecule has 0 saturated carbocycles. The van der Waals surface area contributed by atoms with Gasteiger partial charge in [-0.2, -0.15) is 0 Å². The highest BCUT2D eigenvalue weighted by Gasteiger charge is 2.30. The number of benzene rings is 2. The van der Waals surface area contributed by atoms with Crippen LogP contribution >= 0.6 is 0 Å². The zero-order chi connectivity index (χ0) is 24.3. The van der Waals surface area contributed by atoms with Gasteiger partial charge >= 0.3 is 0 Å². The summed E-state index contributed by atoms with van der Waals surface area (Å²) >= 11 is 0. The topological polar surface area (TPSA) is 30.5 Å². The molecule has 0 amide bonds. The quantitative estimate of drug-likeness (QED) is 0.576. The van der Waals surface area contributed by atoms with Crippen LogP contribution in [0.3, 0.4) is 0 Å². The summed E-state index contributed by atoms with van der Waals surface area (Å²) in [6.45, 7) is 18.8. The van der Waals surface area contributed by atoms with Gasteiger partial charge in [-0.15, -0.1) is 0 Å². The Morgan fingerprint density at radius 1 is 1.00 bits per heavy atom. The molecule has 0 aromatic heterocycles. The van der Waals surface area contributed by atoms with E-state index in [1.54, 1.807) is 0 Å². The van der Waals surface area contributed by atoms with Gasteiger partial charge < -0.3 is 15.5 Å². The van der Waals surface area contributed by atoms with E-state index in [0.717, 1.165) is 51.3 Å². The van der Waals surface area contributed by atoms with Gasteiger partial charge in [0.2, 0.25) is 0 Å². The van der Waals surface area contributed by atoms with Crippen molar-refractivity contribution in [2.75, 3.05) is 31.5 Å². The molecule has 2 fully saturated rings. The first-order chi connectivity index (χ1) is 16.2. The summed E-state index contributed by atoms with van der Waals surface area (Å²) in [7, 11) is 0. The Labute approximate surface area is 205 Å². The molecular formula is C29H41FN4. The second-order valence-electron chi connectivity index (χ2n) is 10.8. The lowest BCUT2D eigenvalue weighted by Crippen LogP contribution is -2.53. The van der Waals surface area contributed by atoms with Crippen LogP contribution in [0.2, 0.25) is 0 Å². The third-order valence-electron chi connectivity index (χ3n) is 7.53. The molecular weight excluding hydrogens is 423 g/mol. The SMILES string of the molecule is C=C(N1CCC(Nc2ccc(F)cc2)CC1)C(C)(C)c1ccc(CN2C[C@@H](C)N[C@@H](C)C2)cc1. The van der Waals surface area contributed by atoms with Crippen LogP contribution in [0.5, 0.6) is 0 Å². The van der Waals surface area contributed by atoms with Crippen molar-refractivity contribution in [3.63, 3.8) is 0 Å². The van der Waals surface area contributed by atoms with Crippen LogP contribution in [0.4, 0.5) is 10.1 Å². The lowest BCUT2D eigenvalue weighted by Gasteiger charge is -2.41. The van der Waals surface area contributed by atoms with E-state index in [1.165, 1.54) is 29.0 Å². The molecule has 0 radical (unpaired) electrons. The largest absolute Gasteiger partial charge is 0.382 e. The molecule has 4 rings (SSSR count). The van der Waals surface area contributed by atoms with Crippen LogP contribution < -0.4 is 10.6 Å². The summed E-state index contributed by atoms with van der Waals surface area (Å²) < 4.78 is 13.2. The van der Waals surface area contributed by atoms with E-state index in [1.807, 2.05) is 12.1 Å². The molecule has 2 heterocycles. The van der Waals surface area contributed by atoms with Crippen LogP contribution in [0.25, 0.3) is 0 Å². The Hall–Kier alpha value is -2.37. The molecule has 0 bridgehead atoms. The number of halogens is 1. The lowest BCUT2D eigenvalue weighted by molar-refractivity contribution is 0.166. The van der Waals surface area contributed by atoms with Crippen molar-refractivity contribution in [2.24, 2.45) is 0 Å². The van der Waals surface area contributed by atoms with E-state index in [2.05, 4.69) is 79.0 Å². The molecule has 2 aliphatic heterocycles. The molecule has 4 nitrogen and oxygen atoms in total. The van der Waals surface area contributed by atoms with Crippen molar-refractivity contribution in [2.45, 2.75) is 70.6 Å². The van der Waals surface area contributed by atoms with E-state index >= 15 is 0 Å². The fourth-order valence-electron chi connectivity index (χ4n) is 5.49. The monoisotopic (exact) mass is 464 g/mol. The first-order valence-electron chi connectivity index (χ1n) is 12.7. The Kier molecular flexibility index (Phi) is 7.63. The minimum Gasteiger partial charge on any atom is -0.382 e. The number of likely N-dealkylation sites (tertiary alicyclic amines) is 1. The van der Waals surface area contributed by atoms with Crippen LogP contribution in [0.1, 0.15) is 51.7 Å². The molecule has 184 valence electrons. The minimum absolute atomic E-state index is 0.117. The number of hydrogen-bond acceptors (Lipinski definition) is 4. The van der Waals surface area contributed by atoms with Crippen molar-refractivity contribution in [1.82, 2.24) is 15.1 Å². The van der Waals surface area contributed by atoms with Crippen molar-refractivity contribution in [1.29, 1.82) is 0 Å². The van der Waals surface area contributed by atoms with Gasteiger partial charge in [-0.25, -0.2) is 4.39 Å². The van der Waals surface area contributed by atoms with Crippen LogP contribution in [0, 0.1) is 5.82 Å². The summed E-state index contributed by atoms with van der Waals surface area (Å²) in [5.74, 6) is -0.195. The molecule has 2 aromatic carbocycles. The van der Waals surface area contributed by atoms with Crippen LogP contribution in [0.15, 0.2) is 60.8 Å². The molecule has 2 aromatic rings. The fraction of sp³-hybridized carbons (Fsp3) is 0.517. The summed E-state index contributed by atoms with van der Waals surface area (Å²) in [6, 6.07) is 17.3. The molecule has 34 heavy (non-hydrogen) atoms. The molecule has 0 spiro atoms. The number of nitrogens with zero attached hydrogens (tertiary/aromatic N) is 2. The molecule has 2 aliphatic rings. The Morgan fingerprint density at radius 2 is 1.59 bits per heavy atom. The second kappa shape index (κ2) is 10.5. The van der Waals surface area contributed by atoms with E-state index < -0.39 is 0 Å². The molecule has 2 atom stereocenters. The number of anilines is 1. The Balaban J connectivity index is 1.31. The van der Waals surface area contributed by atoms with Gasteiger partial charge in [-0.1, -0.05) is 44.7 Å². The third kappa shape index (κ3) is 6.00. The van der Waals surface area contributed by atoms with Gasteiger partial charge in [0, 0.05) is 67.6 Å². The Morgan fingerprint density at radius 3 is 2.18 bits per heavy atom. The third-order valence-corrected chi connectivity index (χ3v) is 7.53. The average Bonchev–Trinajstić information content (AvgIpc) is 2.80. The van der Waals surface area contributed by atoms with Gasteiger partial charge in [0.25, 0.3) is 0 Å². The van der Waals surface area contributed by atoms with Crippen molar-refractivity contribution >= 4 is 5.69 Å². The summed E-state index contributed by atoms with van der Waals surface area (Å²) in [6.07, 6.45) is 2.10. The Bertz CT molecular complexity index is 935. The van der Waals surface area contributed by atoms with Gasteiger partial charge in [-0.3, -0.25) is 4.90 Å². The van der Waals surface area contributed by atoms with Crippen LogP contribution in [-0.4, -0.2) is 54.1 Å². The normalized spacial score (nSPS) is 22.6. The van der Waals surface area contributed by atoms with E-state index in [4.69, 9.17) is 0 Å². The molecule has 0 unspecified atom stereocenters. The minimum atomic E-state index is -0.195. The average molecular weight is 465 g/mol. The maximum Gasteiger partial charge on any atom is 0.123 e. The lowest BCUT2D eigenvalue weighted by atomic mass is 9.80. The smallest absolute Gasteiger partial charge is 0.123 e. The summed E-state index contributed by atoms with van der Waals surface area (Å²) in [4.78, 5) is 5.00. The van der Waals surface area contributed by atoms with Crippen molar-refractivity contribution < 1.29 is 4.39 Å². The van der Waals surface area contributed by atoms with E-state index in [0.29, 0.717) is 18.1 Å². The highest BCUT2D eigenvalue weighted by molar-refractivity contribution is 5.44. The molecule has 5 heteroatoms. The standard InChI is InChI=1S/C29H41FN4/c1-21-18-33(19-22(2)31-21)20-24-6-8-25(9-7-24)29(4,5)23(3)34-16-14-28(15-17-34)32-27-12-10-26(30)11-13-27/h6-13,21-22,28,31-32H,3,14-20H2,1-2,4-5H3/t21-,22+. The number of allylic oxidation sites excluding steroid dienone is 1. The first-order valence-corrected chi connectivity index (χ1v) is 12.7. The van der Waals surface area contributed by atoms with Crippen molar-refractivity contribution in [3.05, 3.63) is 77.8 Å². The second-order valence-corrected chi connectivity index (χ2v) is 10.8. The number of rotatable bonds is 7. The van der Waals surface area contributed by atoms with Gasteiger partial charge in [0.1, 0.15) is 5.82 Å². The number of hydrogen-bond donors (Lipinski definition) is 2. The van der Waals surface area contributed by atoms with Gasteiger partial charge in [0.15, 0.2) is 0 Å². The van der Waals surface area contributed by atoms with Gasteiger partial charge in [0.05, 0.1) is 0 Å². The first kappa shape index (κ1) is 24.7. The maximum absolute atomic E-state index is 13.2. The zero-order valence-electron chi connectivity index (χ0n) is 21.3. The predicted octanol–water partition coefficient (Wildman–Crippen LogP) is 5.38.